The molecule has 2 aromatic heterocycles. The van der Waals surface area contributed by atoms with E-state index in [0.29, 0.717) is 12.5 Å². The third kappa shape index (κ3) is 6.42. The van der Waals surface area contributed by atoms with Crippen molar-refractivity contribution in [1.82, 2.24) is 9.88 Å². The summed E-state index contributed by atoms with van der Waals surface area (Å²) in [6, 6.07) is 18.3. The van der Waals surface area contributed by atoms with Gasteiger partial charge in [-0.1, -0.05) is 6.07 Å². The lowest BCUT2D eigenvalue weighted by Gasteiger charge is -2.36. The Labute approximate surface area is 220 Å². The van der Waals surface area contributed by atoms with Gasteiger partial charge in [0.15, 0.2) is 0 Å². The number of piperazine rings is 1. The standard InChI is InChI=1S/C28H31N3O5S/c1-33-28(32)36-20-35-27-10-8-21-7-9-22(19-24(21)29-27)34-17-3-2-12-30-13-15-31(16-14-30)25-5-4-6-26-23(25)11-18-37-26/h4-11,18-19H,2-3,12-17,20H2,1H3. The molecule has 3 heterocycles. The van der Waals surface area contributed by atoms with E-state index >= 15 is 0 Å². The van der Waals surface area contributed by atoms with Crippen LogP contribution in [0.4, 0.5) is 10.5 Å². The van der Waals surface area contributed by atoms with E-state index in [1.165, 1.54) is 22.9 Å². The summed E-state index contributed by atoms with van der Waals surface area (Å²) in [7, 11) is 1.24. The van der Waals surface area contributed by atoms with Gasteiger partial charge in [0.2, 0.25) is 12.7 Å². The Hall–Kier alpha value is -3.56. The number of rotatable bonds is 10. The average Bonchev–Trinajstić information content (AvgIpc) is 3.42. The number of thiophene rings is 1. The second kappa shape index (κ2) is 12.1. The Balaban J connectivity index is 1.03. The summed E-state index contributed by atoms with van der Waals surface area (Å²) in [5, 5.41) is 4.53. The zero-order valence-corrected chi connectivity index (χ0v) is 21.7. The minimum atomic E-state index is -0.800. The Morgan fingerprint density at radius 3 is 2.73 bits per heavy atom. The number of aromatic nitrogens is 1. The summed E-state index contributed by atoms with van der Waals surface area (Å²) in [5.41, 5.74) is 2.12. The van der Waals surface area contributed by atoms with Crippen LogP contribution in [0.25, 0.3) is 21.0 Å². The molecule has 1 saturated heterocycles. The quantitative estimate of drug-likeness (QED) is 0.153. The van der Waals surface area contributed by atoms with E-state index in [4.69, 9.17) is 14.2 Å². The molecule has 0 bridgehead atoms. The van der Waals surface area contributed by atoms with Crippen LogP contribution in [0.1, 0.15) is 12.8 Å². The molecule has 1 fully saturated rings. The topological polar surface area (TPSA) is 73.4 Å². The lowest BCUT2D eigenvalue weighted by atomic mass is 10.2. The molecule has 0 unspecified atom stereocenters. The molecule has 0 N–H and O–H groups in total. The maximum atomic E-state index is 11.0. The summed E-state index contributed by atoms with van der Waals surface area (Å²) >= 11 is 1.81. The van der Waals surface area contributed by atoms with Crippen LogP contribution in [-0.2, 0) is 9.47 Å². The average molecular weight is 522 g/mol. The van der Waals surface area contributed by atoms with Crippen molar-refractivity contribution >= 4 is 44.2 Å². The first kappa shape index (κ1) is 25.1. The van der Waals surface area contributed by atoms with Crippen LogP contribution in [0.2, 0.25) is 0 Å². The Morgan fingerprint density at radius 1 is 1.00 bits per heavy atom. The number of carbonyl (C=O) groups excluding carboxylic acids is 1. The molecular formula is C28H31N3O5S. The second-order valence-corrected chi connectivity index (χ2v) is 9.81. The number of nitrogens with zero attached hydrogens (tertiary/aromatic N) is 3. The van der Waals surface area contributed by atoms with Crippen LogP contribution in [0.3, 0.4) is 0 Å². The van der Waals surface area contributed by atoms with Crippen molar-refractivity contribution in [3.8, 4) is 11.6 Å². The van der Waals surface area contributed by atoms with Gasteiger partial charge in [-0.05, 0) is 61.2 Å². The van der Waals surface area contributed by atoms with Gasteiger partial charge in [0.05, 0.1) is 19.2 Å². The molecule has 194 valence electrons. The fraction of sp³-hybridized carbons (Fsp3) is 0.357. The highest BCUT2D eigenvalue weighted by molar-refractivity contribution is 7.17. The molecule has 0 atom stereocenters. The Kier molecular flexibility index (Phi) is 8.22. The van der Waals surface area contributed by atoms with Crippen molar-refractivity contribution < 1.29 is 23.7 Å². The lowest BCUT2D eigenvalue weighted by molar-refractivity contribution is 0.0134. The van der Waals surface area contributed by atoms with Gasteiger partial charge in [-0.25, -0.2) is 9.78 Å². The number of benzene rings is 2. The Bertz CT molecular complexity index is 1340. The Morgan fingerprint density at radius 2 is 1.86 bits per heavy atom. The number of ether oxygens (including phenoxy) is 4. The number of hydrogen-bond donors (Lipinski definition) is 0. The molecule has 5 rings (SSSR count). The normalized spacial score (nSPS) is 14.1. The summed E-state index contributed by atoms with van der Waals surface area (Å²) in [4.78, 5) is 20.6. The van der Waals surface area contributed by atoms with Crippen molar-refractivity contribution in [1.29, 1.82) is 0 Å². The van der Waals surface area contributed by atoms with Gasteiger partial charge in [-0.2, -0.15) is 0 Å². The zero-order valence-electron chi connectivity index (χ0n) is 20.9. The smallest absolute Gasteiger partial charge is 0.494 e. The maximum Gasteiger partial charge on any atom is 0.510 e. The molecule has 0 radical (unpaired) electrons. The summed E-state index contributed by atoms with van der Waals surface area (Å²) in [5.74, 6) is 1.14. The molecular weight excluding hydrogens is 490 g/mol. The maximum absolute atomic E-state index is 11.0. The summed E-state index contributed by atoms with van der Waals surface area (Å²) < 4.78 is 21.9. The number of methoxy groups -OCH3 is 1. The predicted octanol–water partition coefficient (Wildman–Crippen LogP) is 5.55. The molecule has 2 aromatic carbocycles. The number of unbranched alkanes of at least 4 members (excludes halogenated alkanes) is 1. The SMILES string of the molecule is COC(=O)OCOc1ccc2ccc(OCCCCN3CCN(c4cccc5sccc45)CC3)cc2n1. The highest BCUT2D eigenvalue weighted by Gasteiger charge is 2.18. The fourth-order valence-electron chi connectivity index (χ4n) is 4.54. The van der Waals surface area contributed by atoms with Crippen molar-refractivity contribution in [3.05, 3.63) is 60.0 Å². The molecule has 0 spiro atoms. The van der Waals surface area contributed by atoms with Crippen molar-refractivity contribution in [3.63, 3.8) is 0 Å². The van der Waals surface area contributed by atoms with Crippen LogP contribution < -0.4 is 14.4 Å². The number of hydrogen-bond acceptors (Lipinski definition) is 9. The van der Waals surface area contributed by atoms with Gasteiger partial charge in [0.1, 0.15) is 5.75 Å². The van der Waals surface area contributed by atoms with E-state index in [2.05, 4.69) is 49.2 Å². The van der Waals surface area contributed by atoms with Crippen molar-refractivity contribution in [2.24, 2.45) is 0 Å². The first-order chi connectivity index (χ1) is 18.2. The second-order valence-electron chi connectivity index (χ2n) is 8.86. The molecule has 0 amide bonds. The first-order valence-corrected chi connectivity index (χ1v) is 13.4. The van der Waals surface area contributed by atoms with Crippen LogP contribution in [0, 0.1) is 0 Å². The van der Waals surface area contributed by atoms with Crippen molar-refractivity contribution in [2.45, 2.75) is 12.8 Å². The van der Waals surface area contributed by atoms with Gasteiger partial charge < -0.3 is 23.8 Å². The summed E-state index contributed by atoms with van der Waals surface area (Å²) in [6.07, 6.45) is 1.29. The van der Waals surface area contributed by atoms with E-state index in [1.807, 2.05) is 35.6 Å². The van der Waals surface area contributed by atoms with Gasteiger partial charge in [0, 0.05) is 59.5 Å². The molecule has 1 aliphatic heterocycles. The highest BCUT2D eigenvalue weighted by atomic mass is 32.1. The van der Waals surface area contributed by atoms with Crippen molar-refractivity contribution in [2.75, 3.05) is 58.1 Å². The van der Waals surface area contributed by atoms with E-state index in [-0.39, 0.29) is 6.79 Å². The minimum absolute atomic E-state index is 0.263. The van der Waals surface area contributed by atoms with Crippen LogP contribution >= 0.6 is 11.3 Å². The van der Waals surface area contributed by atoms with Crippen LogP contribution in [-0.4, -0.2) is 69.3 Å². The number of pyridine rings is 1. The minimum Gasteiger partial charge on any atom is -0.494 e. The number of fused-ring (bicyclic) bond motifs is 2. The predicted molar refractivity (Wildman–Crippen MR) is 146 cm³/mol. The van der Waals surface area contributed by atoms with E-state index < -0.39 is 6.16 Å². The van der Waals surface area contributed by atoms with Gasteiger partial charge >= 0.3 is 6.16 Å². The number of anilines is 1. The molecule has 1 aliphatic rings. The summed E-state index contributed by atoms with van der Waals surface area (Å²) in [6.45, 7) is 5.80. The van der Waals surface area contributed by atoms with Gasteiger partial charge in [-0.15, -0.1) is 11.3 Å². The third-order valence-corrected chi connectivity index (χ3v) is 7.39. The van der Waals surface area contributed by atoms with Crippen LogP contribution in [0.5, 0.6) is 11.6 Å². The monoisotopic (exact) mass is 521 g/mol. The zero-order chi connectivity index (χ0) is 25.5. The van der Waals surface area contributed by atoms with E-state index in [9.17, 15) is 4.79 Å². The van der Waals surface area contributed by atoms with Gasteiger partial charge in [-0.3, -0.25) is 4.90 Å². The first-order valence-electron chi connectivity index (χ1n) is 12.5. The fourth-order valence-corrected chi connectivity index (χ4v) is 5.35. The van der Waals surface area contributed by atoms with Gasteiger partial charge in [0.25, 0.3) is 0 Å². The molecule has 0 saturated carbocycles. The largest absolute Gasteiger partial charge is 0.510 e. The molecule has 8 nitrogen and oxygen atoms in total. The third-order valence-electron chi connectivity index (χ3n) is 6.51. The molecule has 9 heteroatoms. The highest BCUT2D eigenvalue weighted by Crippen LogP contribution is 2.31. The molecule has 37 heavy (non-hydrogen) atoms. The van der Waals surface area contributed by atoms with Crippen LogP contribution in [0.15, 0.2) is 60.0 Å². The molecule has 4 aromatic rings. The van der Waals surface area contributed by atoms with E-state index in [0.717, 1.165) is 62.2 Å². The van der Waals surface area contributed by atoms with E-state index in [1.54, 1.807) is 6.07 Å². The number of carbonyl (C=O) groups is 1. The molecule has 0 aliphatic carbocycles. The lowest BCUT2D eigenvalue weighted by Crippen LogP contribution is -2.46.